The Hall–Kier alpha value is -3.33. The summed E-state index contributed by atoms with van der Waals surface area (Å²) in [4.78, 5) is 12.9. The van der Waals surface area contributed by atoms with Crippen LogP contribution in [-0.2, 0) is 11.2 Å². The minimum absolute atomic E-state index is 0.281. The number of hydrogen-bond donors (Lipinski definition) is 0. The van der Waals surface area contributed by atoms with Gasteiger partial charge in [0, 0.05) is 6.42 Å². The maximum absolute atomic E-state index is 12.9. The predicted octanol–water partition coefficient (Wildman–Crippen LogP) is 5.40. The maximum Gasteiger partial charge on any atom is 0.339 e. The van der Waals surface area contributed by atoms with Crippen molar-refractivity contribution in [3.8, 4) is 5.75 Å². The number of ether oxygens (including phenoxy) is 2. The van der Waals surface area contributed by atoms with Crippen molar-refractivity contribution in [3.63, 3.8) is 0 Å². The molecule has 27 heavy (non-hydrogen) atoms. The SMILES string of the molecule is COc1ccc(CCOC(=O)c2c3ccccc3cc3ccccc23)cc1. The Balaban J connectivity index is 1.59. The van der Waals surface area contributed by atoms with Gasteiger partial charge in [-0.2, -0.15) is 0 Å². The average molecular weight is 356 g/mol. The number of carbonyl (C=O) groups excluding carboxylic acids is 1. The molecule has 4 rings (SSSR count). The zero-order valence-corrected chi connectivity index (χ0v) is 15.1. The van der Waals surface area contributed by atoms with Crippen LogP contribution in [0.25, 0.3) is 21.5 Å². The van der Waals surface area contributed by atoms with Crippen molar-refractivity contribution in [2.45, 2.75) is 6.42 Å². The van der Waals surface area contributed by atoms with Crippen molar-refractivity contribution in [2.75, 3.05) is 13.7 Å². The molecule has 0 amide bonds. The van der Waals surface area contributed by atoms with E-state index < -0.39 is 0 Å². The van der Waals surface area contributed by atoms with Gasteiger partial charge >= 0.3 is 5.97 Å². The van der Waals surface area contributed by atoms with E-state index in [9.17, 15) is 4.79 Å². The zero-order valence-electron chi connectivity index (χ0n) is 15.1. The van der Waals surface area contributed by atoms with Crippen LogP contribution in [0.1, 0.15) is 15.9 Å². The van der Waals surface area contributed by atoms with E-state index in [1.807, 2.05) is 72.8 Å². The Labute approximate surface area is 158 Å². The third-order valence-electron chi connectivity index (χ3n) is 4.76. The molecule has 4 aromatic carbocycles. The first-order chi connectivity index (χ1) is 13.3. The van der Waals surface area contributed by atoms with Gasteiger partial charge in [0.05, 0.1) is 19.3 Å². The van der Waals surface area contributed by atoms with Crippen LogP contribution in [0.4, 0.5) is 0 Å². The molecule has 3 nitrogen and oxygen atoms in total. The molecule has 0 N–H and O–H groups in total. The third kappa shape index (κ3) is 3.49. The fraction of sp³-hybridized carbons (Fsp3) is 0.125. The molecule has 3 heteroatoms. The number of carbonyl (C=O) groups is 1. The number of fused-ring (bicyclic) bond motifs is 2. The lowest BCUT2D eigenvalue weighted by atomic mass is 9.97. The van der Waals surface area contributed by atoms with Crippen molar-refractivity contribution in [1.29, 1.82) is 0 Å². The highest BCUT2D eigenvalue weighted by Crippen LogP contribution is 2.29. The van der Waals surface area contributed by atoms with E-state index in [2.05, 4.69) is 6.07 Å². The maximum atomic E-state index is 12.9. The topological polar surface area (TPSA) is 35.5 Å². The smallest absolute Gasteiger partial charge is 0.339 e. The van der Waals surface area contributed by atoms with E-state index in [1.165, 1.54) is 0 Å². The van der Waals surface area contributed by atoms with Gasteiger partial charge in [-0.1, -0.05) is 60.7 Å². The molecule has 0 heterocycles. The lowest BCUT2D eigenvalue weighted by molar-refractivity contribution is 0.0514. The summed E-state index contributed by atoms with van der Waals surface area (Å²) < 4.78 is 10.8. The van der Waals surface area contributed by atoms with Crippen LogP contribution in [0.15, 0.2) is 78.9 Å². The molecule has 0 saturated heterocycles. The van der Waals surface area contributed by atoms with Crippen LogP contribution in [0, 0.1) is 0 Å². The number of hydrogen-bond acceptors (Lipinski definition) is 3. The second-order valence-corrected chi connectivity index (χ2v) is 6.43. The molecular weight excluding hydrogens is 336 g/mol. The quantitative estimate of drug-likeness (QED) is 0.355. The average Bonchev–Trinajstić information content (AvgIpc) is 2.72. The fourth-order valence-electron chi connectivity index (χ4n) is 3.36. The first-order valence-corrected chi connectivity index (χ1v) is 8.97. The third-order valence-corrected chi connectivity index (χ3v) is 4.76. The molecule has 0 saturated carbocycles. The van der Waals surface area contributed by atoms with Crippen molar-refractivity contribution in [2.24, 2.45) is 0 Å². The lowest BCUT2D eigenvalue weighted by Gasteiger charge is -2.11. The molecule has 0 spiro atoms. The summed E-state index contributed by atoms with van der Waals surface area (Å²) in [7, 11) is 1.64. The Kier molecular flexibility index (Phi) is 4.75. The molecule has 134 valence electrons. The van der Waals surface area contributed by atoms with Gasteiger partial charge in [0.25, 0.3) is 0 Å². The van der Waals surface area contributed by atoms with Gasteiger partial charge in [-0.05, 0) is 45.3 Å². The van der Waals surface area contributed by atoms with Crippen molar-refractivity contribution >= 4 is 27.5 Å². The summed E-state index contributed by atoms with van der Waals surface area (Å²) in [5.74, 6) is 0.537. The predicted molar refractivity (Wildman–Crippen MR) is 108 cm³/mol. The Morgan fingerprint density at radius 2 is 1.41 bits per heavy atom. The first-order valence-electron chi connectivity index (χ1n) is 8.97. The van der Waals surface area contributed by atoms with Gasteiger partial charge in [0.1, 0.15) is 5.75 Å². The highest BCUT2D eigenvalue weighted by molar-refractivity contribution is 6.16. The van der Waals surface area contributed by atoms with E-state index in [-0.39, 0.29) is 5.97 Å². The molecule has 0 bridgehead atoms. The summed E-state index contributed by atoms with van der Waals surface area (Å²) >= 11 is 0. The van der Waals surface area contributed by atoms with Gasteiger partial charge in [-0.3, -0.25) is 0 Å². The van der Waals surface area contributed by atoms with E-state index in [0.29, 0.717) is 18.6 Å². The van der Waals surface area contributed by atoms with Crippen LogP contribution < -0.4 is 4.74 Å². The summed E-state index contributed by atoms with van der Waals surface area (Å²) in [6, 6.07) is 25.8. The van der Waals surface area contributed by atoms with Crippen molar-refractivity contribution < 1.29 is 14.3 Å². The van der Waals surface area contributed by atoms with Crippen LogP contribution in [0.2, 0.25) is 0 Å². The second kappa shape index (κ2) is 7.50. The van der Waals surface area contributed by atoms with Crippen molar-refractivity contribution in [3.05, 3.63) is 90.0 Å². The summed E-state index contributed by atoms with van der Waals surface area (Å²) in [6.45, 7) is 0.336. The van der Waals surface area contributed by atoms with Gasteiger partial charge in [-0.15, -0.1) is 0 Å². The van der Waals surface area contributed by atoms with Gasteiger partial charge in [0.15, 0.2) is 0 Å². The zero-order chi connectivity index (χ0) is 18.6. The normalized spacial score (nSPS) is 10.9. The number of benzene rings is 4. The Bertz CT molecular complexity index is 1040. The second-order valence-electron chi connectivity index (χ2n) is 6.43. The first kappa shape index (κ1) is 17.1. The molecule has 0 atom stereocenters. The highest BCUT2D eigenvalue weighted by Gasteiger charge is 2.16. The summed E-state index contributed by atoms with van der Waals surface area (Å²) in [5.41, 5.74) is 1.74. The standard InChI is InChI=1S/C24H20O3/c1-26-20-12-10-17(11-13-20)14-15-27-24(25)23-21-8-4-2-6-18(21)16-19-7-3-5-9-22(19)23/h2-13,16H,14-15H2,1H3. The largest absolute Gasteiger partial charge is 0.497 e. The van der Waals surface area contributed by atoms with Crippen LogP contribution in [0.3, 0.4) is 0 Å². The monoisotopic (exact) mass is 356 g/mol. The summed E-state index contributed by atoms with van der Waals surface area (Å²) in [5, 5.41) is 3.92. The Morgan fingerprint density at radius 1 is 0.815 bits per heavy atom. The molecule has 0 aromatic heterocycles. The minimum Gasteiger partial charge on any atom is -0.497 e. The number of esters is 1. The molecule has 0 aliphatic heterocycles. The number of methoxy groups -OCH3 is 1. The van der Waals surface area contributed by atoms with Crippen molar-refractivity contribution in [1.82, 2.24) is 0 Å². The van der Waals surface area contributed by atoms with E-state index in [0.717, 1.165) is 32.9 Å². The van der Waals surface area contributed by atoms with E-state index in [1.54, 1.807) is 7.11 Å². The fourth-order valence-corrected chi connectivity index (χ4v) is 3.36. The van der Waals surface area contributed by atoms with Crippen LogP contribution in [0.5, 0.6) is 5.75 Å². The van der Waals surface area contributed by atoms with E-state index >= 15 is 0 Å². The molecule has 0 fully saturated rings. The minimum atomic E-state index is -0.281. The van der Waals surface area contributed by atoms with Crippen LogP contribution >= 0.6 is 0 Å². The highest BCUT2D eigenvalue weighted by atomic mass is 16.5. The Morgan fingerprint density at radius 3 is 2.00 bits per heavy atom. The summed E-state index contributed by atoms with van der Waals surface area (Å²) in [6.07, 6.45) is 0.665. The molecule has 0 radical (unpaired) electrons. The van der Waals surface area contributed by atoms with E-state index in [4.69, 9.17) is 9.47 Å². The molecule has 4 aromatic rings. The van der Waals surface area contributed by atoms with Gasteiger partial charge < -0.3 is 9.47 Å². The molecule has 0 aliphatic carbocycles. The number of rotatable bonds is 5. The molecular formula is C24H20O3. The molecule has 0 aliphatic rings. The van der Waals surface area contributed by atoms with Crippen LogP contribution in [-0.4, -0.2) is 19.7 Å². The molecule has 0 unspecified atom stereocenters. The van der Waals surface area contributed by atoms with Gasteiger partial charge in [0.2, 0.25) is 0 Å². The van der Waals surface area contributed by atoms with Gasteiger partial charge in [-0.25, -0.2) is 4.79 Å². The lowest BCUT2D eigenvalue weighted by Crippen LogP contribution is -2.09.